The molecule has 2 aromatic rings. The molecule has 1 N–H and O–H groups in total. The third-order valence-corrected chi connectivity index (χ3v) is 4.43. The van der Waals surface area contributed by atoms with E-state index in [1.807, 2.05) is 24.0 Å². The number of nitrogens with one attached hydrogen (secondary N) is 1. The van der Waals surface area contributed by atoms with Crippen LogP contribution in [0.1, 0.15) is 31.0 Å². The standard InChI is InChI=1S/C16H24N6/c1-12-5-4-6-22(10-12)16-7-15(18-11-19-16)17-8-14-9-20-21(3)13(14)2/h7,9,11-12H,4-6,8,10H2,1-3H3,(H,17,18,19). The zero-order valence-electron chi connectivity index (χ0n) is 13.6. The maximum Gasteiger partial charge on any atom is 0.134 e. The Labute approximate surface area is 131 Å². The van der Waals surface area contributed by atoms with E-state index in [1.54, 1.807) is 6.33 Å². The fraction of sp³-hybridized carbons (Fsp3) is 0.562. The van der Waals surface area contributed by atoms with Crippen LogP contribution in [0.25, 0.3) is 0 Å². The van der Waals surface area contributed by atoms with Gasteiger partial charge in [0.25, 0.3) is 0 Å². The highest BCUT2D eigenvalue weighted by atomic mass is 15.3. The fourth-order valence-corrected chi connectivity index (χ4v) is 2.92. The molecule has 0 aliphatic carbocycles. The quantitative estimate of drug-likeness (QED) is 0.939. The van der Waals surface area contributed by atoms with Gasteiger partial charge in [-0.2, -0.15) is 5.10 Å². The van der Waals surface area contributed by atoms with E-state index in [0.717, 1.165) is 37.2 Å². The minimum Gasteiger partial charge on any atom is -0.366 e. The van der Waals surface area contributed by atoms with Gasteiger partial charge in [0.05, 0.1) is 6.20 Å². The molecule has 1 unspecified atom stereocenters. The van der Waals surface area contributed by atoms with Gasteiger partial charge in [0.15, 0.2) is 0 Å². The van der Waals surface area contributed by atoms with E-state index in [4.69, 9.17) is 0 Å². The van der Waals surface area contributed by atoms with Gasteiger partial charge < -0.3 is 10.2 Å². The lowest BCUT2D eigenvalue weighted by Crippen LogP contribution is -2.34. The van der Waals surface area contributed by atoms with E-state index in [1.165, 1.54) is 24.1 Å². The second-order valence-electron chi connectivity index (χ2n) is 6.19. The van der Waals surface area contributed by atoms with Crippen LogP contribution < -0.4 is 10.2 Å². The molecular weight excluding hydrogens is 276 g/mol. The second-order valence-corrected chi connectivity index (χ2v) is 6.19. The minimum absolute atomic E-state index is 0.729. The highest BCUT2D eigenvalue weighted by molar-refractivity contribution is 5.49. The lowest BCUT2D eigenvalue weighted by Gasteiger charge is -2.31. The van der Waals surface area contributed by atoms with Crippen molar-refractivity contribution in [3.8, 4) is 0 Å². The maximum absolute atomic E-state index is 4.43. The van der Waals surface area contributed by atoms with Crippen LogP contribution in [0.3, 0.4) is 0 Å². The highest BCUT2D eigenvalue weighted by Gasteiger charge is 2.17. The highest BCUT2D eigenvalue weighted by Crippen LogP contribution is 2.22. The zero-order valence-corrected chi connectivity index (χ0v) is 13.6. The van der Waals surface area contributed by atoms with E-state index in [9.17, 15) is 0 Å². The van der Waals surface area contributed by atoms with Crippen LogP contribution in [0.15, 0.2) is 18.6 Å². The van der Waals surface area contributed by atoms with Crippen molar-refractivity contribution < 1.29 is 0 Å². The summed E-state index contributed by atoms with van der Waals surface area (Å²) in [6.07, 6.45) is 6.10. The van der Waals surface area contributed by atoms with Crippen molar-refractivity contribution in [3.63, 3.8) is 0 Å². The summed E-state index contributed by atoms with van der Waals surface area (Å²) < 4.78 is 1.89. The number of piperidine rings is 1. The van der Waals surface area contributed by atoms with E-state index < -0.39 is 0 Å². The largest absolute Gasteiger partial charge is 0.366 e. The summed E-state index contributed by atoms with van der Waals surface area (Å²) in [6.45, 7) is 7.27. The average Bonchev–Trinajstić information content (AvgIpc) is 2.85. The molecule has 1 aliphatic rings. The number of nitrogens with zero attached hydrogens (tertiary/aromatic N) is 5. The normalized spacial score (nSPS) is 18.5. The van der Waals surface area contributed by atoms with Gasteiger partial charge in [-0.1, -0.05) is 6.92 Å². The third-order valence-electron chi connectivity index (χ3n) is 4.43. The van der Waals surface area contributed by atoms with Gasteiger partial charge >= 0.3 is 0 Å². The Morgan fingerprint density at radius 3 is 2.95 bits per heavy atom. The summed E-state index contributed by atoms with van der Waals surface area (Å²) in [5.41, 5.74) is 2.36. The molecule has 6 heteroatoms. The predicted octanol–water partition coefficient (Wildman–Crippen LogP) is 2.37. The Kier molecular flexibility index (Phi) is 4.27. The molecular formula is C16H24N6. The Morgan fingerprint density at radius 1 is 1.36 bits per heavy atom. The molecule has 0 bridgehead atoms. The number of hydrogen-bond donors (Lipinski definition) is 1. The number of hydrogen-bond acceptors (Lipinski definition) is 5. The van der Waals surface area contributed by atoms with Crippen molar-refractivity contribution in [1.29, 1.82) is 0 Å². The van der Waals surface area contributed by atoms with Crippen LogP contribution in [0.5, 0.6) is 0 Å². The molecule has 0 aromatic carbocycles. The molecule has 1 aliphatic heterocycles. The molecule has 3 rings (SSSR count). The van der Waals surface area contributed by atoms with Gasteiger partial charge in [-0.15, -0.1) is 0 Å². The first kappa shape index (κ1) is 14.8. The van der Waals surface area contributed by atoms with Crippen LogP contribution in [0, 0.1) is 12.8 Å². The zero-order chi connectivity index (χ0) is 15.5. The van der Waals surface area contributed by atoms with Crippen molar-refractivity contribution in [2.45, 2.75) is 33.2 Å². The fourth-order valence-electron chi connectivity index (χ4n) is 2.92. The monoisotopic (exact) mass is 300 g/mol. The van der Waals surface area contributed by atoms with Gasteiger partial charge in [-0.3, -0.25) is 4.68 Å². The smallest absolute Gasteiger partial charge is 0.134 e. The molecule has 0 amide bonds. The topological polar surface area (TPSA) is 58.9 Å². The van der Waals surface area contributed by atoms with Crippen LogP contribution in [0.2, 0.25) is 0 Å². The first-order valence-electron chi connectivity index (χ1n) is 7.92. The second kappa shape index (κ2) is 6.34. The molecule has 22 heavy (non-hydrogen) atoms. The number of aryl methyl sites for hydroxylation is 1. The lowest BCUT2D eigenvalue weighted by atomic mass is 10.0. The lowest BCUT2D eigenvalue weighted by molar-refractivity contribution is 0.444. The summed E-state index contributed by atoms with van der Waals surface area (Å²) in [6, 6.07) is 2.05. The number of aromatic nitrogens is 4. The summed E-state index contributed by atoms with van der Waals surface area (Å²) >= 11 is 0. The Hall–Kier alpha value is -2.11. The van der Waals surface area contributed by atoms with E-state index >= 15 is 0 Å². The molecule has 0 spiro atoms. The summed E-state index contributed by atoms with van der Waals surface area (Å²) in [4.78, 5) is 11.1. The predicted molar refractivity (Wildman–Crippen MR) is 87.9 cm³/mol. The molecule has 1 fully saturated rings. The Balaban J connectivity index is 1.67. The van der Waals surface area contributed by atoms with E-state index in [0.29, 0.717) is 0 Å². The van der Waals surface area contributed by atoms with Crippen LogP contribution in [0.4, 0.5) is 11.6 Å². The molecule has 1 saturated heterocycles. The summed E-state index contributed by atoms with van der Waals surface area (Å²) in [5, 5.41) is 7.64. The Bertz CT molecular complexity index is 635. The van der Waals surface area contributed by atoms with E-state index in [-0.39, 0.29) is 0 Å². The first-order valence-corrected chi connectivity index (χ1v) is 7.92. The molecule has 3 heterocycles. The number of rotatable bonds is 4. The van der Waals surface area contributed by atoms with Gasteiger partial charge in [-0.25, -0.2) is 9.97 Å². The minimum atomic E-state index is 0.729. The van der Waals surface area contributed by atoms with Crippen LogP contribution in [-0.4, -0.2) is 32.8 Å². The van der Waals surface area contributed by atoms with Gasteiger partial charge in [0, 0.05) is 44.0 Å². The molecule has 6 nitrogen and oxygen atoms in total. The SMILES string of the molecule is Cc1c(CNc2cc(N3CCCC(C)C3)ncn2)cnn1C. The van der Waals surface area contributed by atoms with Gasteiger partial charge in [0.2, 0.25) is 0 Å². The van der Waals surface area contributed by atoms with Crippen LogP contribution in [-0.2, 0) is 13.6 Å². The molecule has 1 atom stereocenters. The van der Waals surface area contributed by atoms with Crippen molar-refractivity contribution in [2.75, 3.05) is 23.3 Å². The first-order chi connectivity index (χ1) is 10.6. The third kappa shape index (κ3) is 3.21. The van der Waals surface area contributed by atoms with Crippen LogP contribution >= 0.6 is 0 Å². The number of anilines is 2. The Morgan fingerprint density at radius 2 is 2.23 bits per heavy atom. The van der Waals surface area contributed by atoms with Gasteiger partial charge in [0.1, 0.15) is 18.0 Å². The van der Waals surface area contributed by atoms with Crippen molar-refractivity contribution in [3.05, 3.63) is 29.8 Å². The molecule has 2 aromatic heterocycles. The maximum atomic E-state index is 4.43. The molecule has 0 radical (unpaired) electrons. The van der Waals surface area contributed by atoms with Crippen molar-refractivity contribution >= 4 is 11.6 Å². The molecule has 118 valence electrons. The summed E-state index contributed by atoms with van der Waals surface area (Å²) in [5.74, 6) is 2.62. The average molecular weight is 300 g/mol. The van der Waals surface area contributed by atoms with E-state index in [2.05, 4.69) is 39.1 Å². The van der Waals surface area contributed by atoms with Crippen molar-refractivity contribution in [1.82, 2.24) is 19.7 Å². The summed E-state index contributed by atoms with van der Waals surface area (Å²) in [7, 11) is 1.96. The molecule has 0 saturated carbocycles. The van der Waals surface area contributed by atoms with Gasteiger partial charge in [-0.05, 0) is 25.7 Å². The van der Waals surface area contributed by atoms with Crippen molar-refractivity contribution in [2.24, 2.45) is 13.0 Å².